The zero-order chi connectivity index (χ0) is 17.4. The first kappa shape index (κ1) is 19.7. The summed E-state index contributed by atoms with van der Waals surface area (Å²) in [6.07, 6.45) is -5.10. The standard InChI is InChI=1S/C16H19F3N2O3.ClH/c1-15-9-20-6-12(15)7-21(10-15)14(22)23-8-11-2-4-13(5-3-11)24-16(17,18)19;/h2-5,12,20H,6-10H2,1H3;1H/t12-,15-;/m0./s1. The Labute approximate surface area is 149 Å². The molecule has 0 spiro atoms. The number of carbonyl (C=O) groups excluding carboxylic acids is 1. The van der Waals surface area contributed by atoms with Crippen LogP contribution in [0.15, 0.2) is 24.3 Å². The summed E-state index contributed by atoms with van der Waals surface area (Å²) in [5, 5.41) is 3.33. The van der Waals surface area contributed by atoms with Crippen LogP contribution in [-0.2, 0) is 11.3 Å². The van der Waals surface area contributed by atoms with Crippen molar-refractivity contribution in [1.82, 2.24) is 10.2 Å². The zero-order valence-corrected chi connectivity index (χ0v) is 14.5. The summed E-state index contributed by atoms with van der Waals surface area (Å²) in [4.78, 5) is 13.9. The van der Waals surface area contributed by atoms with E-state index >= 15 is 0 Å². The molecule has 0 aliphatic carbocycles. The van der Waals surface area contributed by atoms with Crippen molar-refractivity contribution in [2.45, 2.75) is 19.9 Å². The molecule has 1 aromatic carbocycles. The highest BCUT2D eigenvalue weighted by molar-refractivity contribution is 5.85. The fourth-order valence-corrected chi connectivity index (χ4v) is 3.32. The van der Waals surface area contributed by atoms with Gasteiger partial charge in [0.25, 0.3) is 0 Å². The van der Waals surface area contributed by atoms with Crippen LogP contribution in [0.4, 0.5) is 18.0 Å². The number of ether oxygens (including phenoxy) is 2. The Hall–Kier alpha value is -1.67. The van der Waals surface area contributed by atoms with Gasteiger partial charge in [0.15, 0.2) is 0 Å². The molecule has 140 valence electrons. The van der Waals surface area contributed by atoms with Crippen molar-refractivity contribution in [2.24, 2.45) is 11.3 Å². The second-order valence-corrected chi connectivity index (χ2v) is 6.61. The number of fused-ring (bicyclic) bond motifs is 1. The average Bonchev–Trinajstić information content (AvgIpc) is 2.99. The molecule has 0 radical (unpaired) electrons. The van der Waals surface area contributed by atoms with Crippen LogP contribution in [0.1, 0.15) is 12.5 Å². The van der Waals surface area contributed by atoms with E-state index in [1.165, 1.54) is 24.3 Å². The van der Waals surface area contributed by atoms with Crippen LogP contribution >= 0.6 is 12.4 Å². The third-order valence-electron chi connectivity index (χ3n) is 4.68. The van der Waals surface area contributed by atoms with E-state index in [0.717, 1.165) is 13.1 Å². The molecular weight excluding hydrogens is 361 g/mol. The highest BCUT2D eigenvalue weighted by Crippen LogP contribution is 2.38. The number of amides is 1. The number of nitrogens with zero attached hydrogens (tertiary/aromatic N) is 1. The van der Waals surface area contributed by atoms with Crippen molar-refractivity contribution < 1.29 is 27.4 Å². The number of hydrogen-bond donors (Lipinski definition) is 1. The number of likely N-dealkylation sites (tertiary alicyclic amines) is 1. The first-order valence-corrected chi connectivity index (χ1v) is 7.72. The summed E-state index contributed by atoms with van der Waals surface area (Å²) in [5.74, 6) is 0.134. The van der Waals surface area contributed by atoms with Gasteiger partial charge in [0.05, 0.1) is 0 Å². The second-order valence-electron chi connectivity index (χ2n) is 6.61. The lowest BCUT2D eigenvalue weighted by Gasteiger charge is -2.22. The third-order valence-corrected chi connectivity index (χ3v) is 4.68. The van der Waals surface area contributed by atoms with Crippen molar-refractivity contribution in [3.63, 3.8) is 0 Å². The lowest BCUT2D eigenvalue weighted by molar-refractivity contribution is -0.274. The molecule has 5 nitrogen and oxygen atoms in total. The van der Waals surface area contributed by atoms with E-state index in [1.807, 2.05) is 0 Å². The molecule has 2 saturated heterocycles. The van der Waals surface area contributed by atoms with Crippen LogP contribution in [0.3, 0.4) is 0 Å². The predicted molar refractivity (Wildman–Crippen MR) is 86.6 cm³/mol. The lowest BCUT2D eigenvalue weighted by atomic mass is 9.83. The van der Waals surface area contributed by atoms with Crippen molar-refractivity contribution in [2.75, 3.05) is 26.2 Å². The Balaban J connectivity index is 0.00000225. The lowest BCUT2D eigenvalue weighted by Crippen LogP contribution is -2.34. The summed E-state index contributed by atoms with van der Waals surface area (Å²) in [7, 11) is 0. The summed E-state index contributed by atoms with van der Waals surface area (Å²) in [5.41, 5.74) is 0.695. The molecule has 0 saturated carbocycles. The van der Waals surface area contributed by atoms with Crippen LogP contribution in [-0.4, -0.2) is 43.5 Å². The molecule has 1 N–H and O–H groups in total. The first-order valence-electron chi connectivity index (χ1n) is 7.72. The number of carbonyl (C=O) groups is 1. The molecule has 9 heteroatoms. The van der Waals surface area contributed by atoms with Crippen molar-refractivity contribution in [1.29, 1.82) is 0 Å². The summed E-state index contributed by atoms with van der Waals surface area (Å²) in [6.45, 7) is 5.29. The molecule has 2 aliphatic heterocycles. The van der Waals surface area contributed by atoms with Crippen LogP contribution in [0, 0.1) is 11.3 Å². The molecule has 2 heterocycles. The van der Waals surface area contributed by atoms with Gasteiger partial charge in [0.2, 0.25) is 0 Å². The van der Waals surface area contributed by atoms with E-state index in [-0.39, 0.29) is 36.3 Å². The Kier molecular flexibility index (Phi) is 5.73. The van der Waals surface area contributed by atoms with Gasteiger partial charge in [-0.1, -0.05) is 19.1 Å². The first-order chi connectivity index (χ1) is 11.3. The van der Waals surface area contributed by atoms with Gasteiger partial charge in [-0.15, -0.1) is 25.6 Å². The minimum atomic E-state index is -4.72. The normalized spacial score (nSPS) is 25.3. The summed E-state index contributed by atoms with van der Waals surface area (Å²) in [6, 6.07) is 5.28. The number of rotatable bonds is 3. The molecule has 2 atom stereocenters. The SMILES string of the molecule is C[C@@]12CNC[C@H]1CN(C(=O)OCc1ccc(OC(F)(F)F)cc1)C2.Cl. The molecule has 0 aromatic heterocycles. The minimum absolute atomic E-state index is 0. The van der Waals surface area contributed by atoms with Crippen LogP contribution in [0.25, 0.3) is 0 Å². The average molecular weight is 381 g/mol. The van der Waals surface area contributed by atoms with Crippen molar-refractivity contribution in [3.8, 4) is 5.75 Å². The molecule has 3 rings (SSSR count). The van der Waals surface area contributed by atoms with Crippen LogP contribution < -0.4 is 10.1 Å². The number of benzene rings is 1. The quantitative estimate of drug-likeness (QED) is 0.875. The van der Waals surface area contributed by atoms with Crippen LogP contribution in [0.2, 0.25) is 0 Å². The number of halogens is 4. The van der Waals surface area contributed by atoms with Gasteiger partial charge in [-0.25, -0.2) is 4.79 Å². The van der Waals surface area contributed by atoms with Crippen molar-refractivity contribution >= 4 is 18.5 Å². The molecule has 1 amide bonds. The highest BCUT2D eigenvalue weighted by atomic mass is 35.5. The molecule has 1 aromatic rings. The molecule has 2 aliphatic rings. The Bertz CT molecular complexity index is 612. The third kappa shape index (κ3) is 4.70. The maximum absolute atomic E-state index is 12.2. The fraction of sp³-hybridized carbons (Fsp3) is 0.562. The molecule has 0 unspecified atom stereocenters. The Morgan fingerprint density at radius 1 is 1.36 bits per heavy atom. The topological polar surface area (TPSA) is 50.8 Å². The van der Waals surface area contributed by atoms with E-state index in [2.05, 4.69) is 17.0 Å². The number of hydrogen-bond acceptors (Lipinski definition) is 4. The largest absolute Gasteiger partial charge is 0.573 e. The minimum Gasteiger partial charge on any atom is -0.445 e. The molecule has 2 fully saturated rings. The van der Waals surface area contributed by atoms with Crippen molar-refractivity contribution in [3.05, 3.63) is 29.8 Å². The summed E-state index contributed by atoms with van der Waals surface area (Å²) >= 11 is 0. The van der Waals surface area contributed by atoms with Gasteiger partial charge in [0, 0.05) is 31.6 Å². The predicted octanol–water partition coefficient (Wildman–Crippen LogP) is 3.18. The smallest absolute Gasteiger partial charge is 0.445 e. The second kappa shape index (κ2) is 7.29. The zero-order valence-electron chi connectivity index (χ0n) is 13.6. The Morgan fingerprint density at radius 3 is 2.64 bits per heavy atom. The molecule has 25 heavy (non-hydrogen) atoms. The van der Waals surface area contributed by atoms with E-state index in [1.54, 1.807) is 4.90 Å². The maximum Gasteiger partial charge on any atom is 0.573 e. The Morgan fingerprint density at radius 2 is 2.04 bits per heavy atom. The highest BCUT2D eigenvalue weighted by Gasteiger charge is 2.47. The van der Waals surface area contributed by atoms with Gasteiger partial charge in [-0.3, -0.25) is 0 Å². The summed E-state index contributed by atoms with van der Waals surface area (Å²) < 4.78 is 45.3. The number of alkyl halides is 3. The van der Waals surface area contributed by atoms with Crippen LogP contribution in [0.5, 0.6) is 5.75 Å². The monoisotopic (exact) mass is 380 g/mol. The maximum atomic E-state index is 12.2. The van der Waals surface area contributed by atoms with E-state index in [9.17, 15) is 18.0 Å². The molecular formula is C16H20ClF3N2O3. The van der Waals surface area contributed by atoms with Gasteiger partial charge in [-0.05, 0) is 23.6 Å². The fourth-order valence-electron chi connectivity index (χ4n) is 3.32. The van der Waals surface area contributed by atoms with Gasteiger partial charge < -0.3 is 19.7 Å². The van der Waals surface area contributed by atoms with Gasteiger partial charge in [0.1, 0.15) is 12.4 Å². The number of nitrogens with one attached hydrogen (secondary N) is 1. The van der Waals surface area contributed by atoms with E-state index < -0.39 is 6.36 Å². The van der Waals surface area contributed by atoms with E-state index in [0.29, 0.717) is 24.6 Å². The van der Waals surface area contributed by atoms with Gasteiger partial charge in [-0.2, -0.15) is 0 Å². The molecule has 0 bridgehead atoms. The van der Waals surface area contributed by atoms with Gasteiger partial charge >= 0.3 is 12.5 Å². The van der Waals surface area contributed by atoms with E-state index in [4.69, 9.17) is 4.74 Å².